The molecule has 0 atom stereocenters. The molecule has 6 nitrogen and oxygen atoms in total. The molecule has 0 spiro atoms. The first kappa shape index (κ1) is 13.2. The summed E-state index contributed by atoms with van der Waals surface area (Å²) in [6.07, 6.45) is -4.34. The fourth-order valence-electron chi connectivity index (χ4n) is 0.790. The Morgan fingerprint density at radius 1 is 1.41 bits per heavy atom. The van der Waals surface area contributed by atoms with Gasteiger partial charge in [-0.1, -0.05) is 11.6 Å². The molecule has 17 heavy (non-hydrogen) atoms. The first-order valence-electron chi connectivity index (χ1n) is 3.86. The highest BCUT2D eigenvalue weighted by Crippen LogP contribution is 2.19. The Labute approximate surface area is 96.4 Å². The fourth-order valence-corrected chi connectivity index (χ4v) is 0.923. The second-order valence-electron chi connectivity index (χ2n) is 2.65. The van der Waals surface area contributed by atoms with Gasteiger partial charge in [0.25, 0.3) is 0 Å². The van der Waals surface area contributed by atoms with Crippen molar-refractivity contribution in [3.05, 3.63) is 17.0 Å². The number of hydrogen-bond donors (Lipinski definition) is 2. The third-order valence-corrected chi connectivity index (χ3v) is 1.62. The number of nitrogens with zero attached hydrogens (tertiary/aromatic N) is 2. The lowest BCUT2D eigenvalue weighted by atomic mass is 10.4. The molecule has 0 aromatic carbocycles. The number of aromatic carboxylic acids is 1. The molecule has 2 N–H and O–H groups in total. The number of amides is 1. The number of alkyl halides is 3. The Balaban J connectivity index is 3.09. The van der Waals surface area contributed by atoms with E-state index in [4.69, 9.17) is 16.7 Å². The van der Waals surface area contributed by atoms with E-state index in [1.165, 1.54) is 5.32 Å². The van der Waals surface area contributed by atoms with E-state index >= 15 is 0 Å². The number of nitrogens with one attached hydrogen (secondary N) is 1. The van der Waals surface area contributed by atoms with E-state index in [0.29, 0.717) is 0 Å². The van der Waals surface area contributed by atoms with Crippen molar-refractivity contribution < 1.29 is 27.9 Å². The third kappa shape index (κ3) is 3.28. The van der Waals surface area contributed by atoms with E-state index in [-0.39, 0.29) is 5.15 Å². The Kier molecular flexibility index (Phi) is 3.51. The Hall–Kier alpha value is -1.90. The van der Waals surface area contributed by atoms with Crippen LogP contribution < -0.4 is 5.32 Å². The predicted molar refractivity (Wildman–Crippen MR) is 48.7 cm³/mol. The van der Waals surface area contributed by atoms with E-state index in [9.17, 15) is 22.8 Å². The Morgan fingerprint density at radius 2 is 2.00 bits per heavy atom. The predicted octanol–water partition coefficient (Wildman–Crippen LogP) is 1.33. The SMILES string of the molecule is O=C(O)c1ncc(Cl)nc1NC(=O)C(F)(F)F. The fraction of sp³-hybridized carbons (Fsp3) is 0.143. The lowest BCUT2D eigenvalue weighted by Gasteiger charge is -2.08. The average Bonchev–Trinajstić information content (AvgIpc) is 2.15. The van der Waals surface area contributed by atoms with Crippen molar-refractivity contribution >= 4 is 29.3 Å². The van der Waals surface area contributed by atoms with Crippen molar-refractivity contribution in [3.8, 4) is 0 Å². The van der Waals surface area contributed by atoms with Crippen molar-refractivity contribution in [3.63, 3.8) is 0 Å². The molecule has 0 unspecified atom stereocenters. The average molecular weight is 270 g/mol. The number of carboxylic acid groups (broad SMARTS) is 1. The topological polar surface area (TPSA) is 92.2 Å². The number of carbonyl (C=O) groups is 2. The Bertz CT molecular complexity index is 477. The summed E-state index contributed by atoms with van der Waals surface area (Å²) >= 11 is 5.32. The maximum Gasteiger partial charge on any atom is 0.471 e. The first-order chi connectivity index (χ1) is 7.71. The summed E-state index contributed by atoms with van der Waals surface area (Å²) in [5.74, 6) is -4.88. The number of anilines is 1. The van der Waals surface area contributed by atoms with Crippen LogP contribution in [0.3, 0.4) is 0 Å². The number of aromatic nitrogens is 2. The van der Waals surface area contributed by atoms with Gasteiger partial charge in [-0.15, -0.1) is 0 Å². The number of halogens is 4. The molecule has 0 bridgehead atoms. The quantitative estimate of drug-likeness (QED) is 0.845. The number of rotatable bonds is 2. The highest BCUT2D eigenvalue weighted by molar-refractivity contribution is 6.29. The summed E-state index contributed by atoms with van der Waals surface area (Å²) in [7, 11) is 0. The van der Waals surface area contributed by atoms with Crippen LogP contribution in [-0.4, -0.2) is 33.1 Å². The van der Waals surface area contributed by atoms with Crippen LogP contribution in [0.15, 0.2) is 6.20 Å². The smallest absolute Gasteiger partial charge is 0.471 e. The van der Waals surface area contributed by atoms with Gasteiger partial charge in [-0.3, -0.25) is 4.79 Å². The van der Waals surface area contributed by atoms with Gasteiger partial charge in [0.2, 0.25) is 0 Å². The monoisotopic (exact) mass is 269 g/mol. The second-order valence-corrected chi connectivity index (χ2v) is 3.03. The van der Waals surface area contributed by atoms with E-state index in [0.717, 1.165) is 6.20 Å². The van der Waals surface area contributed by atoms with Crippen LogP contribution >= 0.6 is 11.6 Å². The molecule has 1 heterocycles. The van der Waals surface area contributed by atoms with Gasteiger partial charge in [-0.25, -0.2) is 14.8 Å². The zero-order chi connectivity index (χ0) is 13.2. The molecule has 1 aromatic rings. The largest absolute Gasteiger partial charge is 0.476 e. The van der Waals surface area contributed by atoms with Gasteiger partial charge >= 0.3 is 18.1 Å². The van der Waals surface area contributed by atoms with Crippen LogP contribution in [0.1, 0.15) is 10.5 Å². The standard InChI is InChI=1S/C7H3ClF3N3O3/c8-2-1-12-3(5(15)16)4(13-2)14-6(17)7(9,10)11/h1H,(H,15,16)(H,13,14,17). The molecule has 0 saturated carbocycles. The molecule has 0 radical (unpaired) electrons. The van der Waals surface area contributed by atoms with Gasteiger partial charge in [0, 0.05) is 0 Å². The highest BCUT2D eigenvalue weighted by Gasteiger charge is 2.39. The molecular formula is C7H3ClF3N3O3. The van der Waals surface area contributed by atoms with Gasteiger partial charge in [0.1, 0.15) is 5.15 Å². The summed E-state index contributed by atoms with van der Waals surface area (Å²) in [5, 5.41) is 9.51. The van der Waals surface area contributed by atoms with E-state index in [1.54, 1.807) is 0 Å². The minimum Gasteiger partial charge on any atom is -0.476 e. The second kappa shape index (κ2) is 4.53. The van der Waals surface area contributed by atoms with Gasteiger partial charge in [-0.2, -0.15) is 13.2 Å². The molecule has 0 aliphatic carbocycles. The van der Waals surface area contributed by atoms with Crippen LogP contribution in [0, 0.1) is 0 Å². The van der Waals surface area contributed by atoms with Crippen molar-refractivity contribution in [1.29, 1.82) is 0 Å². The molecule has 0 aliphatic heterocycles. The lowest BCUT2D eigenvalue weighted by Crippen LogP contribution is -2.31. The lowest BCUT2D eigenvalue weighted by molar-refractivity contribution is -0.167. The molecule has 1 amide bonds. The van der Waals surface area contributed by atoms with Crippen molar-refractivity contribution in [2.75, 3.05) is 5.32 Å². The van der Waals surface area contributed by atoms with Crippen LogP contribution in [-0.2, 0) is 4.79 Å². The minimum absolute atomic E-state index is 0.354. The summed E-state index contributed by atoms with van der Waals surface area (Å²) in [6, 6.07) is 0. The van der Waals surface area contributed by atoms with Crippen LogP contribution in [0.2, 0.25) is 5.15 Å². The van der Waals surface area contributed by atoms with E-state index in [1.807, 2.05) is 0 Å². The van der Waals surface area contributed by atoms with Gasteiger partial charge in [0.15, 0.2) is 11.5 Å². The van der Waals surface area contributed by atoms with Gasteiger partial charge < -0.3 is 10.4 Å². The maximum atomic E-state index is 11.9. The summed E-state index contributed by atoms with van der Waals surface area (Å²) in [4.78, 5) is 27.6. The Morgan fingerprint density at radius 3 is 2.47 bits per heavy atom. The van der Waals surface area contributed by atoms with Crippen molar-refractivity contribution in [2.45, 2.75) is 6.18 Å². The van der Waals surface area contributed by atoms with E-state index in [2.05, 4.69) is 9.97 Å². The first-order valence-corrected chi connectivity index (χ1v) is 4.23. The molecular weight excluding hydrogens is 267 g/mol. The zero-order valence-corrected chi connectivity index (χ0v) is 8.50. The number of hydrogen-bond acceptors (Lipinski definition) is 4. The molecule has 0 aliphatic rings. The molecule has 92 valence electrons. The van der Waals surface area contributed by atoms with Gasteiger partial charge in [0.05, 0.1) is 6.20 Å². The van der Waals surface area contributed by atoms with E-state index < -0.39 is 29.6 Å². The highest BCUT2D eigenvalue weighted by atomic mass is 35.5. The summed E-state index contributed by atoms with van der Waals surface area (Å²) in [6.45, 7) is 0. The minimum atomic E-state index is -5.17. The summed E-state index contributed by atoms with van der Waals surface area (Å²) < 4.78 is 35.8. The maximum absolute atomic E-state index is 11.9. The van der Waals surface area contributed by atoms with Crippen LogP contribution in [0.25, 0.3) is 0 Å². The third-order valence-electron chi connectivity index (χ3n) is 1.44. The zero-order valence-electron chi connectivity index (χ0n) is 7.75. The molecule has 0 saturated heterocycles. The van der Waals surface area contributed by atoms with Crippen LogP contribution in [0.4, 0.5) is 19.0 Å². The summed E-state index contributed by atoms with van der Waals surface area (Å²) in [5.41, 5.74) is -0.841. The molecule has 0 fully saturated rings. The van der Waals surface area contributed by atoms with Crippen LogP contribution in [0.5, 0.6) is 0 Å². The van der Waals surface area contributed by atoms with Crippen molar-refractivity contribution in [1.82, 2.24) is 9.97 Å². The molecule has 1 rings (SSSR count). The number of carboxylic acids is 1. The van der Waals surface area contributed by atoms with Crippen molar-refractivity contribution in [2.24, 2.45) is 0 Å². The molecule has 1 aromatic heterocycles. The number of carbonyl (C=O) groups excluding carboxylic acids is 1. The normalized spacial score (nSPS) is 11.1. The van der Waals surface area contributed by atoms with Gasteiger partial charge in [-0.05, 0) is 0 Å². The molecule has 10 heteroatoms.